The van der Waals surface area contributed by atoms with Crippen LogP contribution in [0.2, 0.25) is 0 Å². The number of para-hydroxylation sites is 1. The second-order valence-electron chi connectivity index (χ2n) is 4.99. The van der Waals surface area contributed by atoms with Gasteiger partial charge < -0.3 is 14.8 Å². The second-order valence-corrected chi connectivity index (χ2v) is 4.99. The molecule has 1 N–H and O–H groups in total. The number of hydrogen-bond donors (Lipinski definition) is 1. The van der Waals surface area contributed by atoms with E-state index >= 15 is 0 Å². The number of nitrogens with one attached hydrogen (secondary N) is 1. The molecule has 4 heteroatoms. The summed E-state index contributed by atoms with van der Waals surface area (Å²) in [6, 6.07) is 6.34. The lowest BCUT2D eigenvalue weighted by molar-refractivity contribution is -0.0214. The van der Waals surface area contributed by atoms with E-state index < -0.39 is 0 Å². The van der Waals surface area contributed by atoms with Crippen LogP contribution in [0.5, 0.6) is 5.75 Å². The van der Waals surface area contributed by atoms with E-state index in [0.717, 1.165) is 50.8 Å². The molecule has 1 unspecified atom stereocenters. The lowest BCUT2D eigenvalue weighted by Crippen LogP contribution is -2.40. The smallest absolute Gasteiger partial charge is 0.146 e. The predicted molar refractivity (Wildman–Crippen MR) is 71.1 cm³/mol. The molecule has 0 aliphatic carbocycles. The Morgan fingerprint density at radius 3 is 3.22 bits per heavy atom. The highest BCUT2D eigenvalue weighted by Crippen LogP contribution is 2.32. The van der Waals surface area contributed by atoms with Gasteiger partial charge in [0.05, 0.1) is 18.4 Å². The topological polar surface area (TPSA) is 33.7 Å². The van der Waals surface area contributed by atoms with Crippen molar-refractivity contribution in [2.24, 2.45) is 0 Å². The van der Waals surface area contributed by atoms with Crippen LogP contribution < -0.4 is 10.1 Å². The van der Waals surface area contributed by atoms with Crippen LogP contribution in [0.25, 0.3) is 0 Å². The maximum atomic E-state index is 5.80. The van der Waals surface area contributed by atoms with E-state index in [9.17, 15) is 0 Å². The molecule has 0 aromatic heterocycles. The Labute approximate surface area is 108 Å². The van der Waals surface area contributed by atoms with Gasteiger partial charge in [0.1, 0.15) is 12.4 Å². The van der Waals surface area contributed by atoms with E-state index in [1.807, 2.05) is 0 Å². The molecular weight excluding hydrogens is 228 g/mol. The summed E-state index contributed by atoms with van der Waals surface area (Å²) in [6.07, 6.45) is 0.331. The molecule has 1 atom stereocenters. The summed E-state index contributed by atoms with van der Waals surface area (Å²) in [5.41, 5.74) is 2.40. The molecule has 1 aromatic rings. The minimum Gasteiger partial charge on any atom is -0.489 e. The van der Waals surface area contributed by atoms with Gasteiger partial charge in [-0.1, -0.05) is 12.1 Å². The summed E-state index contributed by atoms with van der Waals surface area (Å²) >= 11 is 0. The Morgan fingerprint density at radius 1 is 1.39 bits per heavy atom. The minimum absolute atomic E-state index is 0.331. The number of rotatable bonds is 2. The van der Waals surface area contributed by atoms with E-state index in [4.69, 9.17) is 9.47 Å². The SMILES string of the molecule is CC1CN(Cc2cccc3c2OCCN3)CCO1. The van der Waals surface area contributed by atoms with E-state index in [0.29, 0.717) is 6.10 Å². The summed E-state index contributed by atoms with van der Waals surface area (Å²) in [6.45, 7) is 7.55. The van der Waals surface area contributed by atoms with Crippen LogP contribution >= 0.6 is 0 Å². The largest absolute Gasteiger partial charge is 0.489 e. The lowest BCUT2D eigenvalue weighted by Gasteiger charge is -2.32. The maximum absolute atomic E-state index is 5.80. The first-order valence-corrected chi connectivity index (χ1v) is 6.65. The van der Waals surface area contributed by atoms with Crippen molar-refractivity contribution in [1.82, 2.24) is 4.90 Å². The third-order valence-electron chi connectivity index (χ3n) is 3.48. The number of benzene rings is 1. The van der Waals surface area contributed by atoms with Crippen molar-refractivity contribution in [2.75, 3.05) is 38.2 Å². The van der Waals surface area contributed by atoms with Crippen LogP contribution in [0.3, 0.4) is 0 Å². The molecule has 3 rings (SSSR count). The Morgan fingerprint density at radius 2 is 2.33 bits per heavy atom. The maximum Gasteiger partial charge on any atom is 0.146 e. The van der Waals surface area contributed by atoms with Crippen molar-refractivity contribution in [3.05, 3.63) is 23.8 Å². The Hall–Kier alpha value is -1.26. The van der Waals surface area contributed by atoms with Crippen molar-refractivity contribution in [3.63, 3.8) is 0 Å². The molecule has 1 aromatic carbocycles. The van der Waals surface area contributed by atoms with Crippen LogP contribution in [-0.4, -0.2) is 43.9 Å². The first kappa shape index (κ1) is 11.8. The number of nitrogens with zero attached hydrogens (tertiary/aromatic N) is 1. The monoisotopic (exact) mass is 248 g/mol. The highest BCUT2D eigenvalue weighted by atomic mass is 16.5. The zero-order chi connectivity index (χ0) is 12.4. The highest BCUT2D eigenvalue weighted by molar-refractivity contribution is 5.61. The first-order chi connectivity index (χ1) is 8.83. The van der Waals surface area contributed by atoms with E-state index in [2.05, 4.69) is 35.3 Å². The molecule has 0 spiro atoms. The molecule has 0 radical (unpaired) electrons. The van der Waals surface area contributed by atoms with Crippen LogP contribution in [0.4, 0.5) is 5.69 Å². The normalized spacial score (nSPS) is 23.9. The molecule has 2 heterocycles. The number of morpholine rings is 1. The van der Waals surface area contributed by atoms with Crippen molar-refractivity contribution < 1.29 is 9.47 Å². The summed E-state index contributed by atoms with van der Waals surface area (Å²) in [5.74, 6) is 1.03. The van der Waals surface area contributed by atoms with Crippen LogP contribution in [0.15, 0.2) is 18.2 Å². The Kier molecular flexibility index (Phi) is 3.39. The van der Waals surface area contributed by atoms with Gasteiger partial charge in [-0.3, -0.25) is 4.90 Å². The molecule has 1 saturated heterocycles. The fourth-order valence-electron chi connectivity index (χ4n) is 2.63. The fraction of sp³-hybridized carbons (Fsp3) is 0.571. The second kappa shape index (κ2) is 5.16. The molecular formula is C14H20N2O2. The molecule has 2 aliphatic rings. The minimum atomic E-state index is 0.331. The van der Waals surface area contributed by atoms with Crippen molar-refractivity contribution >= 4 is 5.69 Å². The summed E-state index contributed by atoms with van der Waals surface area (Å²) in [5, 5.41) is 3.38. The number of hydrogen-bond acceptors (Lipinski definition) is 4. The highest BCUT2D eigenvalue weighted by Gasteiger charge is 2.20. The van der Waals surface area contributed by atoms with Gasteiger partial charge in [0.2, 0.25) is 0 Å². The molecule has 98 valence electrons. The van der Waals surface area contributed by atoms with Gasteiger partial charge in [0.15, 0.2) is 0 Å². The molecule has 0 amide bonds. The third-order valence-corrected chi connectivity index (χ3v) is 3.48. The summed E-state index contributed by atoms with van der Waals surface area (Å²) in [4.78, 5) is 2.43. The fourth-order valence-corrected chi connectivity index (χ4v) is 2.63. The van der Waals surface area contributed by atoms with E-state index in [1.54, 1.807) is 0 Å². The molecule has 0 bridgehead atoms. The number of ether oxygens (including phenoxy) is 2. The average molecular weight is 248 g/mol. The van der Waals surface area contributed by atoms with Crippen molar-refractivity contribution in [1.29, 1.82) is 0 Å². The quantitative estimate of drug-likeness (QED) is 0.864. The molecule has 0 saturated carbocycles. The molecule has 2 aliphatic heterocycles. The molecule has 18 heavy (non-hydrogen) atoms. The van der Waals surface area contributed by atoms with Gasteiger partial charge in [0, 0.05) is 31.7 Å². The average Bonchev–Trinajstić information content (AvgIpc) is 2.39. The van der Waals surface area contributed by atoms with Gasteiger partial charge in [0.25, 0.3) is 0 Å². The first-order valence-electron chi connectivity index (χ1n) is 6.65. The summed E-state index contributed by atoms with van der Waals surface area (Å²) < 4.78 is 11.4. The van der Waals surface area contributed by atoms with Crippen LogP contribution in [-0.2, 0) is 11.3 Å². The summed E-state index contributed by atoms with van der Waals surface area (Å²) in [7, 11) is 0. The molecule has 1 fully saturated rings. The zero-order valence-electron chi connectivity index (χ0n) is 10.8. The predicted octanol–water partition coefficient (Wildman–Crippen LogP) is 1.71. The van der Waals surface area contributed by atoms with Crippen LogP contribution in [0.1, 0.15) is 12.5 Å². The third kappa shape index (κ3) is 2.44. The van der Waals surface area contributed by atoms with Crippen molar-refractivity contribution in [3.8, 4) is 5.75 Å². The van der Waals surface area contributed by atoms with Gasteiger partial charge in [-0.05, 0) is 13.0 Å². The van der Waals surface area contributed by atoms with Gasteiger partial charge in [-0.2, -0.15) is 0 Å². The number of fused-ring (bicyclic) bond motifs is 1. The molecule has 4 nitrogen and oxygen atoms in total. The lowest BCUT2D eigenvalue weighted by atomic mass is 10.1. The van der Waals surface area contributed by atoms with Gasteiger partial charge >= 0.3 is 0 Å². The standard InChI is InChI=1S/C14H20N2O2/c1-11-9-16(6-8-17-11)10-12-3-2-4-13-14(12)18-7-5-15-13/h2-4,11,15H,5-10H2,1H3. The van der Waals surface area contributed by atoms with E-state index in [1.165, 1.54) is 5.56 Å². The van der Waals surface area contributed by atoms with Gasteiger partial charge in [-0.15, -0.1) is 0 Å². The Bertz CT molecular complexity index is 422. The van der Waals surface area contributed by atoms with Crippen LogP contribution in [0, 0.1) is 0 Å². The van der Waals surface area contributed by atoms with Gasteiger partial charge in [-0.25, -0.2) is 0 Å². The van der Waals surface area contributed by atoms with Crippen molar-refractivity contribution in [2.45, 2.75) is 19.6 Å². The zero-order valence-corrected chi connectivity index (χ0v) is 10.8. The Balaban J connectivity index is 1.76. The van der Waals surface area contributed by atoms with E-state index in [-0.39, 0.29) is 0 Å². The number of anilines is 1.